The maximum atomic E-state index is 12.8. The molecule has 0 unspecified atom stereocenters. The van der Waals surface area contributed by atoms with E-state index in [1.54, 1.807) is 6.20 Å². The average molecular weight is 394 g/mol. The summed E-state index contributed by atoms with van der Waals surface area (Å²) in [6.45, 7) is 3.78. The first-order valence-electron chi connectivity index (χ1n) is 11.1. The number of aryl methyl sites for hydroxylation is 1. The molecular formula is C23H31N5O. The van der Waals surface area contributed by atoms with Crippen LogP contribution in [0.1, 0.15) is 57.6 Å². The van der Waals surface area contributed by atoms with E-state index >= 15 is 0 Å². The van der Waals surface area contributed by atoms with E-state index < -0.39 is 0 Å². The fourth-order valence-electron chi connectivity index (χ4n) is 4.42. The summed E-state index contributed by atoms with van der Waals surface area (Å²) in [5.41, 5.74) is 1.80. The van der Waals surface area contributed by atoms with Crippen LogP contribution in [0.25, 0.3) is 11.5 Å². The minimum absolute atomic E-state index is 0.267. The topological polar surface area (TPSA) is 71.0 Å². The lowest BCUT2D eigenvalue weighted by Crippen LogP contribution is -2.45. The summed E-state index contributed by atoms with van der Waals surface area (Å²) in [6, 6.07) is 8.16. The van der Waals surface area contributed by atoms with Gasteiger partial charge in [-0.15, -0.1) is 0 Å². The number of likely N-dealkylation sites (tertiary alicyclic amines) is 1. The van der Waals surface area contributed by atoms with Gasteiger partial charge in [-0.2, -0.15) is 0 Å². The maximum absolute atomic E-state index is 12.8. The Labute approximate surface area is 173 Å². The van der Waals surface area contributed by atoms with E-state index in [1.165, 1.54) is 19.3 Å². The molecule has 0 aromatic carbocycles. The average Bonchev–Trinajstić information content (AvgIpc) is 2.80. The first-order valence-corrected chi connectivity index (χ1v) is 11.1. The van der Waals surface area contributed by atoms with Crippen LogP contribution in [0, 0.1) is 5.92 Å². The van der Waals surface area contributed by atoms with Crippen LogP contribution in [0.5, 0.6) is 0 Å². The normalized spacial score (nSPS) is 18.6. The van der Waals surface area contributed by atoms with E-state index in [1.807, 2.05) is 24.3 Å². The molecule has 1 amide bonds. The van der Waals surface area contributed by atoms with Gasteiger partial charge in [0.1, 0.15) is 11.5 Å². The van der Waals surface area contributed by atoms with Crippen molar-refractivity contribution >= 4 is 11.7 Å². The molecule has 0 bridgehead atoms. The number of nitrogens with one attached hydrogen (secondary N) is 1. The number of carbonyl (C=O) groups is 1. The second-order valence-corrected chi connectivity index (χ2v) is 8.22. The molecular weight excluding hydrogens is 362 g/mol. The lowest BCUT2D eigenvalue weighted by Gasteiger charge is -2.35. The van der Waals surface area contributed by atoms with Crippen LogP contribution >= 0.6 is 0 Å². The monoisotopic (exact) mass is 393 g/mol. The van der Waals surface area contributed by atoms with E-state index in [2.05, 4.69) is 27.1 Å². The van der Waals surface area contributed by atoms with Crippen molar-refractivity contribution in [3.63, 3.8) is 0 Å². The molecule has 2 aromatic heterocycles. The third kappa shape index (κ3) is 4.92. The molecule has 1 N–H and O–H groups in total. The number of hydrogen-bond donors (Lipinski definition) is 1. The number of pyridine rings is 1. The van der Waals surface area contributed by atoms with Gasteiger partial charge in [0, 0.05) is 43.0 Å². The van der Waals surface area contributed by atoms with Crippen LogP contribution in [-0.2, 0) is 11.2 Å². The summed E-state index contributed by atoms with van der Waals surface area (Å²) in [5.74, 6) is 2.17. The second-order valence-electron chi connectivity index (χ2n) is 8.22. The van der Waals surface area contributed by atoms with Crippen LogP contribution < -0.4 is 5.32 Å². The van der Waals surface area contributed by atoms with Gasteiger partial charge >= 0.3 is 0 Å². The third-order valence-corrected chi connectivity index (χ3v) is 6.15. The van der Waals surface area contributed by atoms with Crippen LogP contribution in [0.3, 0.4) is 0 Å². The Morgan fingerprint density at radius 3 is 2.59 bits per heavy atom. The molecule has 3 heterocycles. The second kappa shape index (κ2) is 9.33. The quantitative estimate of drug-likeness (QED) is 0.829. The Bertz CT molecular complexity index is 811. The van der Waals surface area contributed by atoms with Crippen molar-refractivity contribution in [3.8, 4) is 11.5 Å². The minimum Gasteiger partial charge on any atom is -0.367 e. The molecule has 2 fully saturated rings. The van der Waals surface area contributed by atoms with Gasteiger partial charge in [0.25, 0.3) is 0 Å². The van der Waals surface area contributed by atoms with Gasteiger partial charge in [-0.05, 0) is 44.2 Å². The zero-order chi connectivity index (χ0) is 20.1. The van der Waals surface area contributed by atoms with Gasteiger partial charge in [-0.1, -0.05) is 32.3 Å². The molecule has 29 heavy (non-hydrogen) atoms. The molecule has 2 aromatic rings. The number of amides is 1. The van der Waals surface area contributed by atoms with Gasteiger partial charge in [-0.3, -0.25) is 9.78 Å². The number of carbonyl (C=O) groups excluding carboxylic acids is 1. The molecule has 154 valence electrons. The smallest absolute Gasteiger partial charge is 0.225 e. The Kier molecular flexibility index (Phi) is 6.37. The molecule has 1 saturated carbocycles. The number of piperidine rings is 1. The van der Waals surface area contributed by atoms with Crippen LogP contribution in [0.4, 0.5) is 5.82 Å². The first kappa shape index (κ1) is 19.8. The molecule has 0 radical (unpaired) electrons. The fraction of sp³-hybridized carbons (Fsp3) is 0.565. The van der Waals surface area contributed by atoms with Crippen molar-refractivity contribution in [1.82, 2.24) is 19.9 Å². The minimum atomic E-state index is 0.267. The molecule has 1 saturated heterocycles. The molecule has 1 aliphatic heterocycles. The zero-order valence-corrected chi connectivity index (χ0v) is 17.3. The van der Waals surface area contributed by atoms with Crippen LogP contribution in [-0.4, -0.2) is 44.9 Å². The maximum Gasteiger partial charge on any atom is 0.225 e. The van der Waals surface area contributed by atoms with E-state index in [0.717, 1.165) is 62.4 Å². The molecule has 4 rings (SSSR count). The van der Waals surface area contributed by atoms with Gasteiger partial charge in [0.05, 0.1) is 0 Å². The Morgan fingerprint density at radius 2 is 1.90 bits per heavy atom. The third-order valence-electron chi connectivity index (χ3n) is 6.15. The van der Waals surface area contributed by atoms with Crippen LogP contribution in [0.2, 0.25) is 0 Å². The fourth-order valence-corrected chi connectivity index (χ4v) is 4.42. The Balaban J connectivity index is 1.38. The summed E-state index contributed by atoms with van der Waals surface area (Å²) in [4.78, 5) is 28.6. The molecule has 6 nitrogen and oxygen atoms in total. The number of hydrogen-bond acceptors (Lipinski definition) is 5. The summed E-state index contributed by atoms with van der Waals surface area (Å²) in [6.07, 6.45) is 10.4. The predicted octanol–water partition coefficient (Wildman–Crippen LogP) is 4.08. The predicted molar refractivity (Wildman–Crippen MR) is 114 cm³/mol. The highest BCUT2D eigenvalue weighted by atomic mass is 16.2. The van der Waals surface area contributed by atoms with E-state index in [-0.39, 0.29) is 5.92 Å². The number of rotatable bonds is 5. The van der Waals surface area contributed by atoms with Crippen molar-refractivity contribution in [2.75, 3.05) is 18.4 Å². The van der Waals surface area contributed by atoms with Gasteiger partial charge < -0.3 is 10.2 Å². The zero-order valence-electron chi connectivity index (χ0n) is 17.3. The van der Waals surface area contributed by atoms with Gasteiger partial charge in [0.2, 0.25) is 5.91 Å². The molecule has 2 aliphatic rings. The highest BCUT2D eigenvalue weighted by Gasteiger charge is 2.29. The van der Waals surface area contributed by atoms with E-state index in [9.17, 15) is 4.79 Å². The Hall–Kier alpha value is -2.50. The highest BCUT2D eigenvalue weighted by molar-refractivity contribution is 5.79. The molecule has 0 spiro atoms. The number of aromatic nitrogens is 3. The summed E-state index contributed by atoms with van der Waals surface area (Å²) in [7, 11) is 0. The molecule has 0 atom stereocenters. The largest absolute Gasteiger partial charge is 0.367 e. The summed E-state index contributed by atoms with van der Waals surface area (Å²) >= 11 is 0. The van der Waals surface area contributed by atoms with E-state index in [0.29, 0.717) is 17.8 Å². The number of nitrogens with zero attached hydrogens (tertiary/aromatic N) is 4. The van der Waals surface area contributed by atoms with Crippen molar-refractivity contribution in [2.24, 2.45) is 5.92 Å². The van der Waals surface area contributed by atoms with Crippen molar-refractivity contribution in [2.45, 2.75) is 64.3 Å². The molecule has 6 heteroatoms. The lowest BCUT2D eigenvalue weighted by atomic mass is 9.87. The van der Waals surface area contributed by atoms with Crippen molar-refractivity contribution in [1.29, 1.82) is 0 Å². The number of anilines is 1. The first-order chi connectivity index (χ1) is 14.2. The van der Waals surface area contributed by atoms with Crippen LogP contribution in [0.15, 0.2) is 30.5 Å². The van der Waals surface area contributed by atoms with E-state index in [4.69, 9.17) is 4.98 Å². The Morgan fingerprint density at radius 1 is 1.10 bits per heavy atom. The van der Waals surface area contributed by atoms with Crippen molar-refractivity contribution in [3.05, 3.63) is 36.2 Å². The van der Waals surface area contributed by atoms with Gasteiger partial charge in [-0.25, -0.2) is 9.97 Å². The SMILES string of the molecule is CCc1cc(NC2CCN(C(=O)C3CCCCC3)CC2)nc(-c2ccccn2)n1. The summed E-state index contributed by atoms with van der Waals surface area (Å²) in [5, 5.41) is 3.59. The molecule has 1 aliphatic carbocycles. The van der Waals surface area contributed by atoms with Crippen molar-refractivity contribution < 1.29 is 4.79 Å². The lowest BCUT2D eigenvalue weighted by molar-refractivity contribution is -0.137. The standard InChI is InChI=1S/C23H31N5O/c1-2-18-16-21(27-22(26-18)20-10-6-7-13-24-20)25-19-11-14-28(15-12-19)23(29)17-8-4-3-5-9-17/h6-7,10,13,16-17,19H,2-5,8-9,11-12,14-15H2,1H3,(H,25,26,27). The highest BCUT2D eigenvalue weighted by Crippen LogP contribution is 2.27. The van der Waals surface area contributed by atoms with Gasteiger partial charge in [0.15, 0.2) is 5.82 Å². The summed E-state index contributed by atoms with van der Waals surface area (Å²) < 4.78 is 0.